The highest BCUT2D eigenvalue weighted by molar-refractivity contribution is 5.79. The summed E-state index contributed by atoms with van der Waals surface area (Å²) in [6.45, 7) is 5.57. The van der Waals surface area contributed by atoms with Crippen LogP contribution in [0.4, 0.5) is 0 Å². The Labute approximate surface area is 109 Å². The minimum absolute atomic E-state index is 0.0107. The molecule has 1 aliphatic rings. The molecule has 1 heterocycles. The molecule has 0 bridgehead atoms. The SMILES string of the molecule is CCCC(C)OC(=O)C1CNCc2ccccc21. The van der Waals surface area contributed by atoms with Crippen LogP contribution in [0.3, 0.4) is 0 Å². The van der Waals surface area contributed by atoms with Crippen molar-refractivity contribution < 1.29 is 9.53 Å². The maximum atomic E-state index is 12.2. The Morgan fingerprint density at radius 2 is 2.28 bits per heavy atom. The summed E-state index contributed by atoms with van der Waals surface area (Å²) in [5.41, 5.74) is 2.32. The zero-order valence-corrected chi connectivity index (χ0v) is 11.1. The van der Waals surface area contributed by atoms with E-state index < -0.39 is 0 Å². The summed E-state index contributed by atoms with van der Waals surface area (Å²) < 4.78 is 5.51. The van der Waals surface area contributed by atoms with Gasteiger partial charge in [-0.15, -0.1) is 0 Å². The molecular formula is C15H21NO2. The van der Waals surface area contributed by atoms with E-state index in [1.54, 1.807) is 0 Å². The van der Waals surface area contributed by atoms with Crippen molar-refractivity contribution in [1.82, 2.24) is 5.32 Å². The van der Waals surface area contributed by atoms with E-state index in [1.165, 1.54) is 5.56 Å². The molecule has 3 nitrogen and oxygen atoms in total. The fourth-order valence-electron chi connectivity index (χ4n) is 2.45. The number of carbonyl (C=O) groups excluding carboxylic acids is 1. The van der Waals surface area contributed by atoms with Crippen LogP contribution in [0.25, 0.3) is 0 Å². The van der Waals surface area contributed by atoms with E-state index in [4.69, 9.17) is 4.74 Å². The molecule has 0 aliphatic carbocycles. The van der Waals surface area contributed by atoms with Crippen LogP contribution in [0, 0.1) is 0 Å². The third-order valence-corrected chi connectivity index (χ3v) is 3.39. The lowest BCUT2D eigenvalue weighted by Gasteiger charge is -2.26. The van der Waals surface area contributed by atoms with Crippen molar-refractivity contribution in [2.75, 3.05) is 6.54 Å². The molecule has 0 radical (unpaired) electrons. The maximum absolute atomic E-state index is 12.2. The second-order valence-corrected chi connectivity index (χ2v) is 4.92. The van der Waals surface area contributed by atoms with E-state index in [9.17, 15) is 4.79 Å². The highest BCUT2D eigenvalue weighted by Crippen LogP contribution is 2.25. The predicted molar refractivity (Wildman–Crippen MR) is 71.4 cm³/mol. The van der Waals surface area contributed by atoms with Gasteiger partial charge in [0, 0.05) is 13.1 Å². The maximum Gasteiger partial charge on any atom is 0.314 e. The minimum atomic E-state index is -0.158. The molecule has 2 unspecified atom stereocenters. The van der Waals surface area contributed by atoms with Gasteiger partial charge >= 0.3 is 5.97 Å². The Morgan fingerprint density at radius 3 is 3.06 bits per heavy atom. The van der Waals surface area contributed by atoms with Gasteiger partial charge in [0.25, 0.3) is 0 Å². The van der Waals surface area contributed by atoms with Crippen LogP contribution >= 0.6 is 0 Å². The molecule has 0 saturated carbocycles. The molecular weight excluding hydrogens is 226 g/mol. The number of esters is 1. The number of fused-ring (bicyclic) bond motifs is 1. The van der Waals surface area contributed by atoms with E-state index in [0.717, 1.165) is 24.9 Å². The van der Waals surface area contributed by atoms with Crippen molar-refractivity contribution in [1.29, 1.82) is 0 Å². The minimum Gasteiger partial charge on any atom is -0.462 e. The molecule has 1 aromatic rings. The second-order valence-electron chi connectivity index (χ2n) is 4.92. The third kappa shape index (κ3) is 2.91. The van der Waals surface area contributed by atoms with Crippen LogP contribution < -0.4 is 5.32 Å². The number of ether oxygens (including phenoxy) is 1. The molecule has 0 aromatic heterocycles. The summed E-state index contributed by atoms with van der Waals surface area (Å²) in [5, 5.41) is 3.28. The van der Waals surface area contributed by atoms with E-state index >= 15 is 0 Å². The fourth-order valence-corrected chi connectivity index (χ4v) is 2.45. The highest BCUT2D eigenvalue weighted by atomic mass is 16.5. The molecule has 2 rings (SSSR count). The van der Waals surface area contributed by atoms with Gasteiger partial charge in [0.05, 0.1) is 12.0 Å². The Morgan fingerprint density at radius 1 is 1.50 bits per heavy atom. The smallest absolute Gasteiger partial charge is 0.314 e. The number of carbonyl (C=O) groups is 1. The molecule has 2 atom stereocenters. The number of hydrogen-bond donors (Lipinski definition) is 1. The molecule has 1 N–H and O–H groups in total. The van der Waals surface area contributed by atoms with E-state index in [2.05, 4.69) is 18.3 Å². The van der Waals surface area contributed by atoms with Gasteiger partial charge in [-0.1, -0.05) is 37.6 Å². The average molecular weight is 247 g/mol. The van der Waals surface area contributed by atoms with Crippen molar-refractivity contribution in [3.05, 3.63) is 35.4 Å². The standard InChI is InChI=1S/C15H21NO2/c1-3-6-11(2)18-15(17)14-10-16-9-12-7-4-5-8-13(12)14/h4-5,7-8,11,14,16H,3,6,9-10H2,1-2H3. The normalized spacial score (nSPS) is 20.0. The van der Waals surface area contributed by atoms with Crippen LogP contribution in [-0.2, 0) is 16.1 Å². The highest BCUT2D eigenvalue weighted by Gasteiger charge is 2.28. The molecule has 3 heteroatoms. The Kier molecular flexibility index (Phi) is 4.37. The molecule has 98 valence electrons. The van der Waals surface area contributed by atoms with Crippen molar-refractivity contribution in [3.8, 4) is 0 Å². The van der Waals surface area contributed by atoms with Crippen molar-refractivity contribution in [3.63, 3.8) is 0 Å². The summed E-state index contributed by atoms with van der Waals surface area (Å²) >= 11 is 0. The van der Waals surface area contributed by atoms with Crippen LogP contribution in [0.2, 0.25) is 0 Å². The number of benzene rings is 1. The van der Waals surface area contributed by atoms with Gasteiger partial charge in [-0.2, -0.15) is 0 Å². The average Bonchev–Trinajstić information content (AvgIpc) is 2.38. The molecule has 0 amide bonds. The predicted octanol–water partition coefficient (Wildman–Crippen LogP) is 2.61. The molecule has 0 saturated heterocycles. The lowest BCUT2D eigenvalue weighted by atomic mass is 9.91. The van der Waals surface area contributed by atoms with Crippen LogP contribution in [0.5, 0.6) is 0 Å². The van der Waals surface area contributed by atoms with Crippen molar-refractivity contribution >= 4 is 5.97 Å². The van der Waals surface area contributed by atoms with Gasteiger partial charge in [-0.25, -0.2) is 0 Å². The van der Waals surface area contributed by atoms with Crippen LogP contribution in [0.15, 0.2) is 24.3 Å². The Hall–Kier alpha value is -1.35. The quantitative estimate of drug-likeness (QED) is 0.831. The van der Waals surface area contributed by atoms with Gasteiger partial charge in [-0.3, -0.25) is 4.79 Å². The fraction of sp³-hybridized carbons (Fsp3) is 0.533. The van der Waals surface area contributed by atoms with Gasteiger partial charge in [0.1, 0.15) is 0 Å². The number of hydrogen-bond acceptors (Lipinski definition) is 3. The van der Waals surface area contributed by atoms with Crippen molar-refractivity contribution in [2.24, 2.45) is 0 Å². The number of nitrogens with one attached hydrogen (secondary N) is 1. The molecule has 0 fully saturated rings. The van der Waals surface area contributed by atoms with E-state index in [-0.39, 0.29) is 18.0 Å². The largest absolute Gasteiger partial charge is 0.462 e. The topological polar surface area (TPSA) is 38.3 Å². The lowest BCUT2D eigenvalue weighted by molar-refractivity contribution is -0.150. The van der Waals surface area contributed by atoms with E-state index in [0.29, 0.717) is 6.54 Å². The van der Waals surface area contributed by atoms with E-state index in [1.807, 2.05) is 25.1 Å². The first-order valence-electron chi connectivity index (χ1n) is 6.71. The van der Waals surface area contributed by atoms with Crippen LogP contribution in [-0.4, -0.2) is 18.6 Å². The molecule has 1 aliphatic heterocycles. The lowest BCUT2D eigenvalue weighted by Crippen LogP contribution is -2.34. The zero-order valence-electron chi connectivity index (χ0n) is 11.1. The van der Waals surface area contributed by atoms with Gasteiger partial charge in [0.15, 0.2) is 0 Å². The Balaban J connectivity index is 2.08. The molecule has 18 heavy (non-hydrogen) atoms. The first-order valence-corrected chi connectivity index (χ1v) is 6.71. The molecule has 0 spiro atoms. The molecule has 1 aromatic carbocycles. The zero-order chi connectivity index (χ0) is 13.0. The third-order valence-electron chi connectivity index (χ3n) is 3.39. The Bertz CT molecular complexity index is 417. The second kappa shape index (κ2) is 6.01. The monoisotopic (exact) mass is 247 g/mol. The summed E-state index contributed by atoms with van der Waals surface area (Å²) in [6, 6.07) is 8.09. The van der Waals surface area contributed by atoms with Gasteiger partial charge < -0.3 is 10.1 Å². The van der Waals surface area contributed by atoms with Gasteiger partial charge in [0.2, 0.25) is 0 Å². The summed E-state index contributed by atoms with van der Waals surface area (Å²) in [5.74, 6) is -0.259. The van der Waals surface area contributed by atoms with Gasteiger partial charge in [-0.05, 0) is 24.5 Å². The van der Waals surface area contributed by atoms with Crippen LogP contribution in [0.1, 0.15) is 43.7 Å². The number of rotatable bonds is 4. The summed E-state index contributed by atoms with van der Waals surface area (Å²) in [4.78, 5) is 12.2. The summed E-state index contributed by atoms with van der Waals surface area (Å²) in [7, 11) is 0. The first kappa shape index (κ1) is 13.1. The summed E-state index contributed by atoms with van der Waals surface area (Å²) in [6.07, 6.45) is 1.97. The first-order chi connectivity index (χ1) is 8.72. The van der Waals surface area contributed by atoms with Crippen molar-refractivity contribution in [2.45, 2.75) is 45.3 Å².